The van der Waals surface area contributed by atoms with Crippen LogP contribution in [0.1, 0.15) is 24.3 Å². The summed E-state index contributed by atoms with van der Waals surface area (Å²) < 4.78 is 27.9. The lowest BCUT2D eigenvalue weighted by Crippen LogP contribution is -2.43. The number of sulfonamides is 1. The van der Waals surface area contributed by atoms with Gasteiger partial charge in [0.05, 0.1) is 0 Å². The zero-order chi connectivity index (χ0) is 15.1. The number of thioether (sulfide) groups is 1. The summed E-state index contributed by atoms with van der Waals surface area (Å²) in [6.45, 7) is 4.90. The number of nitrogens with zero attached hydrogens (tertiary/aromatic N) is 2. The fraction of sp³-hybridized carbons (Fsp3) is 0.583. The zero-order valence-corrected chi connectivity index (χ0v) is 13.2. The molecule has 0 amide bonds. The highest BCUT2D eigenvalue weighted by Gasteiger charge is 2.33. The van der Waals surface area contributed by atoms with Crippen molar-refractivity contribution in [3.05, 3.63) is 18.0 Å². The zero-order valence-electron chi connectivity index (χ0n) is 11.6. The third kappa shape index (κ3) is 2.87. The summed E-state index contributed by atoms with van der Waals surface area (Å²) in [6, 6.07) is 1.22. The molecule has 112 valence electrons. The summed E-state index contributed by atoms with van der Waals surface area (Å²) in [4.78, 5) is 11.1. The Morgan fingerprint density at radius 1 is 1.35 bits per heavy atom. The van der Waals surface area contributed by atoms with Crippen molar-refractivity contribution in [1.29, 1.82) is 0 Å². The molecule has 1 aromatic rings. The quantitative estimate of drug-likeness (QED) is 0.907. The van der Waals surface area contributed by atoms with Crippen molar-refractivity contribution in [2.24, 2.45) is 7.05 Å². The Balaban J connectivity index is 2.35. The smallest absolute Gasteiger partial charge is 0.352 e. The highest BCUT2D eigenvalue weighted by Crippen LogP contribution is 2.29. The van der Waals surface area contributed by atoms with E-state index in [-0.39, 0.29) is 21.1 Å². The molecule has 1 N–H and O–H groups in total. The number of carboxylic acids is 1. The first-order valence-electron chi connectivity index (χ1n) is 6.27. The normalized spacial score (nSPS) is 24.8. The first kappa shape index (κ1) is 15.4. The number of carboxylic acid groups (broad SMARTS) is 1. The van der Waals surface area contributed by atoms with Crippen molar-refractivity contribution in [3.63, 3.8) is 0 Å². The highest BCUT2D eigenvalue weighted by molar-refractivity contribution is 8.00. The van der Waals surface area contributed by atoms with E-state index < -0.39 is 16.0 Å². The lowest BCUT2D eigenvalue weighted by Gasteiger charge is -2.33. The van der Waals surface area contributed by atoms with Gasteiger partial charge in [-0.15, -0.1) is 0 Å². The maximum atomic E-state index is 12.6. The van der Waals surface area contributed by atoms with E-state index in [1.807, 2.05) is 13.8 Å². The van der Waals surface area contributed by atoms with Gasteiger partial charge < -0.3 is 9.67 Å². The Labute approximate surface area is 122 Å². The Kier molecular flexibility index (Phi) is 4.17. The highest BCUT2D eigenvalue weighted by atomic mass is 32.2. The van der Waals surface area contributed by atoms with Crippen molar-refractivity contribution >= 4 is 27.8 Å². The molecule has 8 heteroatoms. The molecule has 2 unspecified atom stereocenters. The Morgan fingerprint density at radius 2 is 1.90 bits per heavy atom. The van der Waals surface area contributed by atoms with Crippen molar-refractivity contribution in [2.75, 3.05) is 13.1 Å². The number of carbonyl (C=O) groups is 1. The second-order valence-electron chi connectivity index (χ2n) is 5.06. The van der Waals surface area contributed by atoms with Crippen LogP contribution in [0, 0.1) is 0 Å². The van der Waals surface area contributed by atoms with Gasteiger partial charge >= 0.3 is 5.97 Å². The average molecular weight is 318 g/mol. The molecule has 20 heavy (non-hydrogen) atoms. The van der Waals surface area contributed by atoms with Crippen molar-refractivity contribution in [1.82, 2.24) is 8.87 Å². The van der Waals surface area contributed by atoms with Crippen molar-refractivity contribution in [3.8, 4) is 0 Å². The van der Waals surface area contributed by atoms with Gasteiger partial charge in [-0.1, -0.05) is 13.8 Å². The Morgan fingerprint density at radius 3 is 2.35 bits per heavy atom. The van der Waals surface area contributed by atoms with Gasteiger partial charge in [-0.3, -0.25) is 0 Å². The van der Waals surface area contributed by atoms with E-state index in [1.54, 1.807) is 11.8 Å². The number of hydrogen-bond acceptors (Lipinski definition) is 4. The van der Waals surface area contributed by atoms with Gasteiger partial charge in [-0.05, 0) is 6.07 Å². The van der Waals surface area contributed by atoms with Crippen LogP contribution in [0.4, 0.5) is 0 Å². The SMILES string of the molecule is CC1CN(S(=O)(=O)c2cc(C(=O)O)n(C)c2)CC(C)S1. The van der Waals surface area contributed by atoms with E-state index >= 15 is 0 Å². The molecule has 6 nitrogen and oxygen atoms in total. The summed E-state index contributed by atoms with van der Waals surface area (Å²) in [6.07, 6.45) is 1.36. The molecule has 0 bridgehead atoms. The molecule has 1 fully saturated rings. The van der Waals surface area contributed by atoms with Crippen LogP contribution in [0.25, 0.3) is 0 Å². The first-order valence-corrected chi connectivity index (χ1v) is 8.65. The van der Waals surface area contributed by atoms with Crippen LogP contribution in [0.15, 0.2) is 17.2 Å². The molecule has 1 aromatic heterocycles. The summed E-state index contributed by atoms with van der Waals surface area (Å²) in [5, 5.41) is 9.47. The van der Waals surface area contributed by atoms with Gasteiger partial charge in [0.1, 0.15) is 10.6 Å². The summed E-state index contributed by atoms with van der Waals surface area (Å²) in [5.74, 6) is -1.13. The van der Waals surface area contributed by atoms with E-state index in [2.05, 4.69) is 0 Å². The molecule has 0 aliphatic carbocycles. The maximum absolute atomic E-state index is 12.6. The van der Waals surface area contributed by atoms with Crippen LogP contribution in [0.2, 0.25) is 0 Å². The van der Waals surface area contributed by atoms with E-state index in [4.69, 9.17) is 5.11 Å². The van der Waals surface area contributed by atoms with Gasteiger partial charge in [0.25, 0.3) is 0 Å². The fourth-order valence-electron chi connectivity index (χ4n) is 2.36. The minimum Gasteiger partial charge on any atom is -0.477 e. The van der Waals surface area contributed by atoms with E-state index in [9.17, 15) is 13.2 Å². The number of aromatic nitrogens is 1. The predicted molar refractivity (Wildman–Crippen MR) is 77.6 cm³/mol. The maximum Gasteiger partial charge on any atom is 0.352 e. The van der Waals surface area contributed by atoms with E-state index in [1.165, 1.54) is 28.2 Å². The van der Waals surface area contributed by atoms with Crippen LogP contribution in [0.3, 0.4) is 0 Å². The van der Waals surface area contributed by atoms with Gasteiger partial charge in [0.2, 0.25) is 10.0 Å². The standard InChI is InChI=1S/C12H18N2O4S2/c1-8-5-14(6-9(2)19-8)20(17,18)10-4-11(12(15)16)13(3)7-10/h4,7-9H,5-6H2,1-3H3,(H,15,16). The van der Waals surface area contributed by atoms with Crippen LogP contribution in [-0.2, 0) is 17.1 Å². The molecule has 0 saturated carbocycles. The lowest BCUT2D eigenvalue weighted by molar-refractivity contribution is 0.0686. The monoisotopic (exact) mass is 318 g/mol. The molecule has 1 saturated heterocycles. The fourth-order valence-corrected chi connectivity index (χ4v) is 5.57. The van der Waals surface area contributed by atoms with Crippen LogP contribution in [0.5, 0.6) is 0 Å². The van der Waals surface area contributed by atoms with Crippen molar-refractivity contribution in [2.45, 2.75) is 29.2 Å². The second kappa shape index (κ2) is 5.42. The third-order valence-corrected chi connectivity index (χ3v) is 6.25. The molecule has 0 radical (unpaired) electrons. The third-order valence-electron chi connectivity index (χ3n) is 3.22. The predicted octanol–water partition coefficient (Wildman–Crippen LogP) is 1.24. The molecular weight excluding hydrogens is 300 g/mol. The second-order valence-corrected chi connectivity index (χ2v) is 8.88. The molecule has 0 aromatic carbocycles. The summed E-state index contributed by atoms with van der Waals surface area (Å²) in [5.41, 5.74) is -0.0314. The van der Waals surface area contributed by atoms with Gasteiger partial charge in [-0.25, -0.2) is 13.2 Å². The van der Waals surface area contributed by atoms with E-state index in [0.29, 0.717) is 13.1 Å². The molecule has 2 atom stereocenters. The van der Waals surface area contributed by atoms with Gasteiger partial charge in [0, 0.05) is 36.8 Å². The number of hydrogen-bond donors (Lipinski definition) is 1. The number of aromatic carboxylic acids is 1. The summed E-state index contributed by atoms with van der Waals surface area (Å²) in [7, 11) is -2.10. The number of rotatable bonds is 3. The Hall–Kier alpha value is -0.990. The van der Waals surface area contributed by atoms with Gasteiger partial charge in [-0.2, -0.15) is 16.1 Å². The molecule has 1 aliphatic heterocycles. The molecule has 1 aliphatic rings. The molecular formula is C12H18N2O4S2. The summed E-state index contributed by atoms with van der Waals surface area (Å²) >= 11 is 1.76. The van der Waals surface area contributed by atoms with Crippen molar-refractivity contribution < 1.29 is 18.3 Å². The average Bonchev–Trinajstić information content (AvgIpc) is 2.70. The minimum absolute atomic E-state index is 0.0314. The van der Waals surface area contributed by atoms with E-state index in [0.717, 1.165) is 0 Å². The van der Waals surface area contributed by atoms with Gasteiger partial charge in [0.15, 0.2) is 0 Å². The topological polar surface area (TPSA) is 79.6 Å². The lowest BCUT2D eigenvalue weighted by atomic mass is 10.4. The molecule has 2 rings (SSSR count). The van der Waals surface area contributed by atoms with Crippen LogP contribution >= 0.6 is 11.8 Å². The minimum atomic E-state index is -3.63. The van der Waals surface area contributed by atoms with Crippen LogP contribution < -0.4 is 0 Å². The number of aryl methyl sites for hydroxylation is 1. The molecule has 0 spiro atoms. The van der Waals surface area contributed by atoms with Crippen LogP contribution in [-0.4, -0.2) is 52.0 Å². The molecule has 2 heterocycles. The Bertz CT molecular complexity index is 613. The first-order chi connectivity index (χ1) is 9.21. The largest absolute Gasteiger partial charge is 0.477 e.